The van der Waals surface area contributed by atoms with Crippen LogP contribution in [-0.2, 0) is 16.9 Å². The molecule has 2 aromatic carbocycles. The van der Waals surface area contributed by atoms with Crippen LogP contribution in [0.1, 0.15) is 24.6 Å². The Morgan fingerprint density at radius 2 is 1.70 bits per heavy atom. The molecule has 4 rings (SSSR count). The van der Waals surface area contributed by atoms with Crippen molar-refractivity contribution in [2.45, 2.75) is 25.4 Å². The van der Waals surface area contributed by atoms with Gasteiger partial charge in [-0.3, -0.25) is 9.69 Å². The van der Waals surface area contributed by atoms with Crippen molar-refractivity contribution in [1.29, 1.82) is 0 Å². The van der Waals surface area contributed by atoms with Gasteiger partial charge in [-0.1, -0.05) is 72.7 Å². The van der Waals surface area contributed by atoms with E-state index < -0.39 is 11.6 Å². The molecule has 0 radical (unpaired) electrons. The lowest BCUT2D eigenvalue weighted by Gasteiger charge is -2.25. The number of nitrogens with one attached hydrogen (secondary N) is 1. The van der Waals surface area contributed by atoms with Gasteiger partial charge in [-0.05, 0) is 12.0 Å². The van der Waals surface area contributed by atoms with E-state index in [1.165, 1.54) is 4.90 Å². The summed E-state index contributed by atoms with van der Waals surface area (Å²) in [6.45, 7) is 1.95. The molecule has 1 fully saturated rings. The van der Waals surface area contributed by atoms with Crippen LogP contribution in [0.15, 0.2) is 71.3 Å². The van der Waals surface area contributed by atoms with Crippen LogP contribution in [-0.4, -0.2) is 22.0 Å². The minimum Gasteiger partial charge on any atom is -0.356 e. The van der Waals surface area contributed by atoms with Gasteiger partial charge in [-0.2, -0.15) is 0 Å². The number of urea groups is 1. The summed E-state index contributed by atoms with van der Waals surface area (Å²) in [7, 11) is 0. The maximum absolute atomic E-state index is 13.1. The fraction of sp³-hybridized carbons (Fsp3) is 0.190. The summed E-state index contributed by atoms with van der Waals surface area (Å²) in [5, 5.41) is 6.89. The molecule has 1 saturated heterocycles. The molecule has 6 nitrogen and oxygen atoms in total. The predicted octanol–water partition coefficient (Wildman–Crippen LogP) is 3.70. The quantitative estimate of drug-likeness (QED) is 0.703. The summed E-state index contributed by atoms with van der Waals surface area (Å²) in [5.74, 6) is 0.327. The first kappa shape index (κ1) is 17.0. The zero-order valence-electron chi connectivity index (χ0n) is 14.9. The Hall–Kier alpha value is -3.41. The Balaban J connectivity index is 1.59. The van der Waals surface area contributed by atoms with Crippen LogP contribution in [0.25, 0.3) is 11.3 Å². The minimum absolute atomic E-state index is 0.0651. The second kappa shape index (κ2) is 6.72. The molecule has 2 heterocycles. The number of imide groups is 1. The number of carbonyl (C=O) groups is 2. The highest BCUT2D eigenvalue weighted by Crippen LogP contribution is 2.33. The van der Waals surface area contributed by atoms with E-state index in [1.54, 1.807) is 6.07 Å². The summed E-state index contributed by atoms with van der Waals surface area (Å²) in [6, 6.07) is 20.2. The van der Waals surface area contributed by atoms with Gasteiger partial charge in [-0.25, -0.2) is 4.79 Å². The molecule has 0 saturated carbocycles. The number of carbonyl (C=O) groups excluding carboxylic acids is 2. The third-order valence-electron chi connectivity index (χ3n) is 4.91. The summed E-state index contributed by atoms with van der Waals surface area (Å²) < 4.78 is 5.37. The van der Waals surface area contributed by atoms with Crippen LogP contribution in [0.4, 0.5) is 4.79 Å². The Bertz CT molecular complexity index is 969. The van der Waals surface area contributed by atoms with E-state index in [1.807, 2.05) is 67.6 Å². The Labute approximate surface area is 156 Å². The van der Waals surface area contributed by atoms with E-state index in [0.29, 0.717) is 17.9 Å². The number of amides is 3. The number of hydrogen-bond donors (Lipinski definition) is 1. The normalized spacial score (nSPS) is 19.4. The summed E-state index contributed by atoms with van der Waals surface area (Å²) >= 11 is 0. The van der Waals surface area contributed by atoms with Crippen molar-refractivity contribution in [2.75, 3.05) is 0 Å². The second-order valence-corrected chi connectivity index (χ2v) is 6.49. The average molecular weight is 361 g/mol. The zero-order chi connectivity index (χ0) is 18.9. The smallest absolute Gasteiger partial charge is 0.325 e. The molecule has 3 aromatic rings. The largest absolute Gasteiger partial charge is 0.356 e. The highest BCUT2D eigenvalue weighted by molar-refractivity contribution is 6.07. The molecule has 3 amide bonds. The van der Waals surface area contributed by atoms with Crippen molar-refractivity contribution in [3.05, 3.63) is 78.0 Å². The standard InChI is InChI=1S/C21H19N3O3/c1-2-21(16-11-7-4-8-12-16)19(25)24(20(26)22-21)14-17-13-18(27-23-17)15-9-5-3-6-10-15/h3-13H,2,14H2,1H3,(H,22,26)/t21-/m0/s1. The van der Waals surface area contributed by atoms with Gasteiger partial charge in [0, 0.05) is 11.6 Å². The molecule has 136 valence electrons. The highest BCUT2D eigenvalue weighted by atomic mass is 16.5. The maximum atomic E-state index is 13.1. The van der Waals surface area contributed by atoms with E-state index in [0.717, 1.165) is 11.1 Å². The van der Waals surface area contributed by atoms with E-state index in [9.17, 15) is 9.59 Å². The molecule has 0 spiro atoms. The molecule has 1 aromatic heterocycles. The number of rotatable bonds is 5. The third-order valence-corrected chi connectivity index (χ3v) is 4.91. The fourth-order valence-electron chi connectivity index (χ4n) is 3.42. The molecule has 1 N–H and O–H groups in total. The van der Waals surface area contributed by atoms with Gasteiger partial charge >= 0.3 is 6.03 Å². The molecule has 1 aliphatic rings. The van der Waals surface area contributed by atoms with Gasteiger partial charge in [0.15, 0.2) is 5.76 Å². The first-order valence-corrected chi connectivity index (χ1v) is 8.84. The van der Waals surface area contributed by atoms with Gasteiger partial charge in [0.05, 0.1) is 6.54 Å². The highest BCUT2D eigenvalue weighted by Gasteiger charge is 2.51. The van der Waals surface area contributed by atoms with Crippen LogP contribution in [0.5, 0.6) is 0 Å². The van der Waals surface area contributed by atoms with Crippen molar-refractivity contribution in [3.63, 3.8) is 0 Å². The van der Waals surface area contributed by atoms with E-state index in [4.69, 9.17) is 4.52 Å². The van der Waals surface area contributed by atoms with Crippen LogP contribution in [0.2, 0.25) is 0 Å². The van der Waals surface area contributed by atoms with Crippen molar-refractivity contribution >= 4 is 11.9 Å². The fourth-order valence-corrected chi connectivity index (χ4v) is 3.42. The van der Waals surface area contributed by atoms with Gasteiger partial charge in [0.2, 0.25) is 0 Å². The van der Waals surface area contributed by atoms with Crippen molar-refractivity contribution in [3.8, 4) is 11.3 Å². The van der Waals surface area contributed by atoms with E-state index in [2.05, 4.69) is 10.5 Å². The topological polar surface area (TPSA) is 75.4 Å². The van der Waals surface area contributed by atoms with Crippen LogP contribution in [0, 0.1) is 0 Å². The molecule has 1 atom stereocenters. The number of hydrogen-bond acceptors (Lipinski definition) is 4. The lowest BCUT2D eigenvalue weighted by Crippen LogP contribution is -2.43. The molecular weight excluding hydrogens is 342 g/mol. The minimum atomic E-state index is -1.04. The predicted molar refractivity (Wildman–Crippen MR) is 99.4 cm³/mol. The first-order valence-electron chi connectivity index (χ1n) is 8.84. The van der Waals surface area contributed by atoms with Crippen LogP contribution >= 0.6 is 0 Å². The molecule has 1 aliphatic heterocycles. The van der Waals surface area contributed by atoms with Gasteiger partial charge in [0.1, 0.15) is 11.2 Å². The van der Waals surface area contributed by atoms with Crippen LogP contribution < -0.4 is 5.32 Å². The number of aromatic nitrogens is 1. The number of benzene rings is 2. The molecule has 0 unspecified atom stereocenters. The Morgan fingerprint density at radius 1 is 1.04 bits per heavy atom. The van der Waals surface area contributed by atoms with Crippen molar-refractivity contribution < 1.29 is 14.1 Å². The third kappa shape index (κ3) is 2.89. The van der Waals surface area contributed by atoms with Gasteiger partial charge in [0.25, 0.3) is 5.91 Å². The van der Waals surface area contributed by atoms with Gasteiger partial charge < -0.3 is 9.84 Å². The van der Waals surface area contributed by atoms with Gasteiger partial charge in [-0.15, -0.1) is 0 Å². The SMILES string of the molecule is CC[C@@]1(c2ccccc2)NC(=O)N(Cc2cc(-c3ccccc3)on2)C1=O. The molecule has 0 bridgehead atoms. The van der Waals surface area contributed by atoms with Crippen molar-refractivity contribution in [2.24, 2.45) is 0 Å². The summed E-state index contributed by atoms with van der Waals surface area (Å²) in [5.41, 5.74) is 1.15. The Kier molecular flexibility index (Phi) is 4.24. The maximum Gasteiger partial charge on any atom is 0.325 e. The molecule has 0 aliphatic carbocycles. The Morgan fingerprint density at radius 3 is 2.37 bits per heavy atom. The lowest BCUT2D eigenvalue weighted by atomic mass is 9.87. The van der Waals surface area contributed by atoms with Crippen molar-refractivity contribution in [1.82, 2.24) is 15.4 Å². The average Bonchev–Trinajstić information content (AvgIpc) is 3.28. The lowest BCUT2D eigenvalue weighted by molar-refractivity contribution is -0.132. The molecule has 6 heteroatoms. The first-order chi connectivity index (χ1) is 13.1. The van der Waals surface area contributed by atoms with Crippen LogP contribution in [0.3, 0.4) is 0 Å². The summed E-state index contributed by atoms with van der Waals surface area (Å²) in [4.78, 5) is 26.9. The monoisotopic (exact) mass is 361 g/mol. The summed E-state index contributed by atoms with van der Waals surface area (Å²) in [6.07, 6.45) is 0.464. The number of nitrogens with zero attached hydrogens (tertiary/aromatic N) is 2. The van der Waals surface area contributed by atoms with E-state index in [-0.39, 0.29) is 12.5 Å². The second-order valence-electron chi connectivity index (χ2n) is 6.49. The molecule has 27 heavy (non-hydrogen) atoms. The zero-order valence-corrected chi connectivity index (χ0v) is 14.9. The molecular formula is C21H19N3O3. The van der Waals surface area contributed by atoms with E-state index >= 15 is 0 Å².